The molecule has 0 aromatic heterocycles. The van der Waals surface area contributed by atoms with Gasteiger partial charge in [-0.1, -0.05) is 12.1 Å². The van der Waals surface area contributed by atoms with Crippen LogP contribution in [0.3, 0.4) is 0 Å². The molecular weight excluding hydrogens is 494 g/mol. The molecule has 3 N–H and O–H groups in total. The summed E-state index contributed by atoms with van der Waals surface area (Å²) in [7, 11) is 0. The van der Waals surface area contributed by atoms with E-state index in [-0.39, 0.29) is 18.1 Å². The third kappa shape index (κ3) is 7.31. The highest BCUT2D eigenvalue weighted by molar-refractivity contribution is 14.1. The second kappa shape index (κ2) is 11.3. The summed E-state index contributed by atoms with van der Waals surface area (Å²) in [5.41, 5.74) is 7.01. The van der Waals surface area contributed by atoms with Crippen LogP contribution in [0.15, 0.2) is 42.5 Å². The van der Waals surface area contributed by atoms with Crippen LogP contribution in [0.4, 0.5) is 4.39 Å². The summed E-state index contributed by atoms with van der Waals surface area (Å²) in [4.78, 5) is 23.9. The zero-order valence-electron chi connectivity index (χ0n) is 15.4. The first-order chi connectivity index (χ1) is 13.4. The highest BCUT2D eigenvalue weighted by atomic mass is 127. The first kappa shape index (κ1) is 22.5. The van der Waals surface area contributed by atoms with Gasteiger partial charge >= 0.3 is 0 Å². The number of ether oxygens (including phenoxy) is 1. The minimum Gasteiger partial charge on any atom is -0.489 e. The van der Waals surface area contributed by atoms with Gasteiger partial charge in [-0.25, -0.2) is 4.39 Å². The summed E-state index contributed by atoms with van der Waals surface area (Å²) in [5, 5.41) is 2.70. The van der Waals surface area contributed by atoms with Crippen LogP contribution in [0, 0.1) is 9.39 Å². The molecule has 0 aliphatic carbocycles. The van der Waals surface area contributed by atoms with E-state index in [0.717, 1.165) is 20.4 Å². The number of thioether (sulfide) groups is 1. The van der Waals surface area contributed by atoms with Crippen molar-refractivity contribution in [2.24, 2.45) is 5.73 Å². The number of primary amides is 1. The van der Waals surface area contributed by atoms with Gasteiger partial charge in [-0.05, 0) is 82.5 Å². The maximum absolute atomic E-state index is 13.0. The van der Waals surface area contributed by atoms with Crippen LogP contribution in [0.5, 0.6) is 5.75 Å². The zero-order valence-corrected chi connectivity index (χ0v) is 18.4. The van der Waals surface area contributed by atoms with Gasteiger partial charge < -0.3 is 15.8 Å². The van der Waals surface area contributed by atoms with E-state index in [9.17, 15) is 14.0 Å². The van der Waals surface area contributed by atoms with Gasteiger partial charge in [0.2, 0.25) is 11.8 Å². The minimum atomic E-state index is -0.671. The molecule has 2 aromatic rings. The summed E-state index contributed by atoms with van der Waals surface area (Å²) in [6.45, 7) is 0.297. The zero-order chi connectivity index (χ0) is 20.5. The third-order valence-corrected chi connectivity index (χ3v) is 5.67. The second-order valence-electron chi connectivity index (χ2n) is 6.15. The standard InChI is InChI=1S/C20H22FIN2O3S/c1-28-9-8-18(20(23)26)24-19(25)11-14-10-16(6-7-17(14)22)27-12-13-2-4-15(21)5-3-13/h2-7,10,18H,8-9,11-12H2,1H3,(H2,23,26)(H,24,25)/t18-/m0/s1. The normalized spacial score (nSPS) is 11.7. The van der Waals surface area contributed by atoms with Crippen molar-refractivity contribution < 1.29 is 18.7 Å². The number of hydrogen-bond acceptors (Lipinski definition) is 4. The number of carbonyl (C=O) groups is 2. The SMILES string of the molecule is CSCC[C@H](NC(=O)Cc1cc(OCc2ccc(F)cc2)ccc1I)C(N)=O. The quantitative estimate of drug-likeness (QED) is 0.476. The molecule has 5 nitrogen and oxygen atoms in total. The lowest BCUT2D eigenvalue weighted by Crippen LogP contribution is -2.45. The van der Waals surface area contributed by atoms with Crippen LogP contribution in [-0.4, -0.2) is 29.9 Å². The van der Waals surface area contributed by atoms with Crippen molar-refractivity contribution in [3.63, 3.8) is 0 Å². The van der Waals surface area contributed by atoms with E-state index in [4.69, 9.17) is 10.5 Å². The fourth-order valence-electron chi connectivity index (χ4n) is 2.46. The third-order valence-electron chi connectivity index (χ3n) is 3.98. The Morgan fingerprint density at radius 2 is 1.96 bits per heavy atom. The average Bonchev–Trinajstić information content (AvgIpc) is 2.66. The number of hydrogen-bond donors (Lipinski definition) is 2. The van der Waals surface area contributed by atoms with Crippen LogP contribution in [0.25, 0.3) is 0 Å². The predicted octanol–water partition coefficient (Wildman–Crippen LogP) is 3.28. The van der Waals surface area contributed by atoms with Crippen LogP contribution in [0.1, 0.15) is 17.5 Å². The van der Waals surface area contributed by atoms with E-state index in [2.05, 4.69) is 27.9 Å². The van der Waals surface area contributed by atoms with Crippen molar-refractivity contribution in [1.29, 1.82) is 0 Å². The first-order valence-electron chi connectivity index (χ1n) is 8.62. The van der Waals surface area contributed by atoms with Gasteiger partial charge in [-0.2, -0.15) is 11.8 Å². The molecule has 2 rings (SSSR count). The van der Waals surface area contributed by atoms with E-state index in [1.807, 2.05) is 18.4 Å². The molecule has 1 atom stereocenters. The minimum absolute atomic E-state index is 0.120. The van der Waals surface area contributed by atoms with Crippen molar-refractivity contribution in [3.8, 4) is 5.75 Å². The van der Waals surface area contributed by atoms with Crippen LogP contribution < -0.4 is 15.8 Å². The summed E-state index contributed by atoms with van der Waals surface area (Å²) in [6, 6.07) is 10.9. The molecule has 2 amide bonds. The van der Waals surface area contributed by atoms with Gasteiger partial charge in [0.1, 0.15) is 24.2 Å². The molecule has 0 unspecified atom stereocenters. The molecule has 150 valence electrons. The molecule has 28 heavy (non-hydrogen) atoms. The van der Waals surface area contributed by atoms with Crippen LogP contribution >= 0.6 is 34.4 Å². The topological polar surface area (TPSA) is 81.4 Å². The molecule has 0 spiro atoms. The van der Waals surface area contributed by atoms with Gasteiger partial charge in [0.25, 0.3) is 0 Å². The number of benzene rings is 2. The summed E-state index contributed by atoms with van der Waals surface area (Å²) in [6.07, 6.45) is 2.55. The summed E-state index contributed by atoms with van der Waals surface area (Å²) >= 11 is 3.74. The van der Waals surface area contributed by atoms with Crippen molar-refractivity contribution in [1.82, 2.24) is 5.32 Å². The molecule has 0 saturated carbocycles. The summed E-state index contributed by atoms with van der Waals surface area (Å²) < 4.78 is 19.6. The van der Waals surface area contributed by atoms with E-state index >= 15 is 0 Å². The van der Waals surface area contributed by atoms with E-state index < -0.39 is 11.9 Å². The molecule has 0 bridgehead atoms. The van der Waals surface area contributed by atoms with Crippen molar-refractivity contribution in [3.05, 3.63) is 63.0 Å². The smallest absolute Gasteiger partial charge is 0.240 e. The van der Waals surface area contributed by atoms with E-state index in [0.29, 0.717) is 18.8 Å². The maximum Gasteiger partial charge on any atom is 0.240 e. The second-order valence-corrected chi connectivity index (χ2v) is 8.30. The Morgan fingerprint density at radius 1 is 1.25 bits per heavy atom. The Kier molecular flexibility index (Phi) is 9.04. The molecule has 0 heterocycles. The molecule has 0 fully saturated rings. The number of amides is 2. The van der Waals surface area contributed by atoms with Gasteiger partial charge in [-0.3, -0.25) is 9.59 Å². The van der Waals surface area contributed by atoms with Crippen molar-refractivity contribution >= 4 is 46.2 Å². The number of nitrogens with two attached hydrogens (primary N) is 1. The lowest BCUT2D eigenvalue weighted by molar-refractivity contribution is -0.127. The van der Waals surface area contributed by atoms with Crippen LogP contribution in [-0.2, 0) is 22.6 Å². The van der Waals surface area contributed by atoms with Crippen molar-refractivity contribution in [2.75, 3.05) is 12.0 Å². The Bertz CT molecular complexity index is 818. The number of halogens is 2. The van der Waals surface area contributed by atoms with Crippen molar-refractivity contribution in [2.45, 2.75) is 25.5 Å². The Hall–Kier alpha value is -1.81. The highest BCUT2D eigenvalue weighted by Crippen LogP contribution is 2.21. The highest BCUT2D eigenvalue weighted by Gasteiger charge is 2.18. The van der Waals surface area contributed by atoms with E-state index in [1.54, 1.807) is 30.0 Å². The Morgan fingerprint density at radius 3 is 2.61 bits per heavy atom. The first-order valence-corrected chi connectivity index (χ1v) is 11.1. The lowest BCUT2D eigenvalue weighted by atomic mass is 10.1. The Labute approximate surface area is 181 Å². The largest absolute Gasteiger partial charge is 0.489 e. The molecule has 0 saturated heterocycles. The monoisotopic (exact) mass is 516 g/mol. The lowest BCUT2D eigenvalue weighted by Gasteiger charge is -2.15. The Balaban J connectivity index is 1.98. The van der Waals surface area contributed by atoms with Gasteiger partial charge in [-0.15, -0.1) is 0 Å². The molecule has 2 aromatic carbocycles. The number of nitrogens with one attached hydrogen (secondary N) is 1. The number of carbonyl (C=O) groups excluding carboxylic acids is 2. The molecular formula is C20H22FIN2O3S. The fourth-order valence-corrected chi connectivity index (χ4v) is 3.46. The molecule has 0 aliphatic heterocycles. The van der Waals surface area contributed by atoms with Gasteiger partial charge in [0, 0.05) is 3.57 Å². The molecule has 0 radical (unpaired) electrons. The van der Waals surface area contributed by atoms with Crippen LogP contribution in [0.2, 0.25) is 0 Å². The molecule has 0 aliphatic rings. The predicted molar refractivity (Wildman–Crippen MR) is 118 cm³/mol. The van der Waals surface area contributed by atoms with Gasteiger partial charge in [0.05, 0.1) is 6.42 Å². The number of rotatable bonds is 10. The van der Waals surface area contributed by atoms with E-state index in [1.165, 1.54) is 12.1 Å². The fraction of sp³-hybridized carbons (Fsp3) is 0.300. The van der Waals surface area contributed by atoms with Gasteiger partial charge in [0.15, 0.2) is 0 Å². The average molecular weight is 516 g/mol. The summed E-state index contributed by atoms with van der Waals surface area (Å²) in [5.74, 6) is 0.254. The molecule has 8 heteroatoms. The maximum atomic E-state index is 13.0.